The maximum Gasteiger partial charge on any atom is 0.313 e. The number of thiophene rings is 1. The van der Waals surface area contributed by atoms with Crippen LogP contribution in [0, 0.1) is 5.92 Å². The Morgan fingerprint density at radius 2 is 1.86 bits per heavy atom. The molecule has 1 aromatic heterocycles. The molecule has 0 saturated carbocycles. The Morgan fingerprint density at radius 3 is 2.60 bits per heavy atom. The molecule has 178 valence electrons. The number of amides is 1. The molecule has 2 bridgehead atoms. The van der Waals surface area contributed by atoms with E-state index in [0.29, 0.717) is 13.0 Å². The molecule has 3 aromatic rings. The Bertz CT molecular complexity index is 1310. The first kappa shape index (κ1) is 22.2. The van der Waals surface area contributed by atoms with Gasteiger partial charge < -0.3 is 14.4 Å². The van der Waals surface area contributed by atoms with E-state index in [4.69, 9.17) is 9.47 Å². The molecule has 6 rings (SSSR count). The van der Waals surface area contributed by atoms with E-state index in [1.807, 2.05) is 72.1 Å². The molecule has 7 heteroatoms. The van der Waals surface area contributed by atoms with Crippen LogP contribution in [0.3, 0.4) is 0 Å². The summed E-state index contributed by atoms with van der Waals surface area (Å²) in [6.45, 7) is 2.24. The maximum atomic E-state index is 14.8. The number of ether oxygens (including phenoxy) is 2. The van der Waals surface area contributed by atoms with Crippen LogP contribution in [0.5, 0.6) is 0 Å². The summed E-state index contributed by atoms with van der Waals surface area (Å²) >= 11 is 1.49. The Morgan fingerprint density at radius 1 is 1.09 bits per heavy atom. The van der Waals surface area contributed by atoms with E-state index in [0.717, 1.165) is 21.7 Å². The molecule has 6 nitrogen and oxygen atoms in total. The minimum atomic E-state index is -1.40. The van der Waals surface area contributed by atoms with Crippen LogP contribution in [0.2, 0.25) is 0 Å². The number of carbonyl (C=O) groups is 3. The van der Waals surface area contributed by atoms with Gasteiger partial charge in [-0.25, -0.2) is 0 Å². The summed E-state index contributed by atoms with van der Waals surface area (Å²) < 4.78 is 12.1. The summed E-state index contributed by atoms with van der Waals surface area (Å²) in [6, 6.07) is 21.2. The van der Waals surface area contributed by atoms with Gasteiger partial charge in [-0.1, -0.05) is 54.6 Å². The number of Topliss-reactive ketones (excluding diaryl/α,β-unsaturated/α-hetero) is 1. The summed E-state index contributed by atoms with van der Waals surface area (Å²) in [5, 5.41) is 1.94. The zero-order valence-corrected chi connectivity index (χ0v) is 20.1. The predicted molar refractivity (Wildman–Crippen MR) is 131 cm³/mol. The van der Waals surface area contributed by atoms with Crippen molar-refractivity contribution in [2.24, 2.45) is 5.92 Å². The summed E-state index contributed by atoms with van der Waals surface area (Å²) in [7, 11) is 0. The fourth-order valence-electron chi connectivity index (χ4n) is 6.32. The van der Waals surface area contributed by atoms with Crippen LogP contribution < -0.4 is 4.90 Å². The van der Waals surface area contributed by atoms with Crippen LogP contribution >= 0.6 is 11.3 Å². The molecule has 0 N–H and O–H groups in total. The van der Waals surface area contributed by atoms with E-state index in [9.17, 15) is 14.4 Å². The highest BCUT2D eigenvalue weighted by Crippen LogP contribution is 2.67. The Balaban J connectivity index is 1.63. The van der Waals surface area contributed by atoms with Gasteiger partial charge in [0.15, 0.2) is 5.78 Å². The summed E-state index contributed by atoms with van der Waals surface area (Å²) in [6.07, 6.45) is -0.453. The zero-order valence-electron chi connectivity index (χ0n) is 19.3. The number of hydrogen-bond donors (Lipinski definition) is 0. The van der Waals surface area contributed by atoms with Gasteiger partial charge in [0.25, 0.3) is 0 Å². The van der Waals surface area contributed by atoms with Gasteiger partial charge in [0.2, 0.25) is 5.91 Å². The number of anilines is 1. The van der Waals surface area contributed by atoms with Crippen LogP contribution in [0.15, 0.2) is 72.1 Å². The highest BCUT2D eigenvalue weighted by molar-refractivity contribution is 7.10. The van der Waals surface area contributed by atoms with E-state index in [-0.39, 0.29) is 24.7 Å². The second kappa shape index (κ2) is 8.14. The molecule has 1 spiro atoms. The van der Waals surface area contributed by atoms with Crippen LogP contribution in [-0.2, 0) is 41.4 Å². The second-order valence-electron chi connectivity index (χ2n) is 9.24. The van der Waals surface area contributed by atoms with Gasteiger partial charge in [0, 0.05) is 17.0 Å². The van der Waals surface area contributed by atoms with Gasteiger partial charge >= 0.3 is 5.97 Å². The summed E-state index contributed by atoms with van der Waals surface area (Å²) in [4.78, 5) is 44.2. The minimum Gasteiger partial charge on any atom is -0.466 e. The highest BCUT2D eigenvalue weighted by Gasteiger charge is 2.78. The van der Waals surface area contributed by atoms with Crippen LogP contribution in [0.25, 0.3) is 0 Å². The van der Waals surface area contributed by atoms with E-state index in [2.05, 4.69) is 0 Å². The van der Waals surface area contributed by atoms with Crippen molar-refractivity contribution in [3.8, 4) is 0 Å². The van der Waals surface area contributed by atoms with Gasteiger partial charge in [0.1, 0.15) is 23.0 Å². The molecule has 2 saturated heterocycles. The second-order valence-corrected chi connectivity index (χ2v) is 10.2. The van der Waals surface area contributed by atoms with Gasteiger partial charge in [-0.15, -0.1) is 11.3 Å². The van der Waals surface area contributed by atoms with Crippen LogP contribution in [-0.4, -0.2) is 30.4 Å². The van der Waals surface area contributed by atoms with Gasteiger partial charge in [0.05, 0.1) is 13.2 Å². The lowest BCUT2D eigenvalue weighted by molar-refractivity contribution is -0.158. The fourth-order valence-corrected chi connectivity index (χ4v) is 7.28. The van der Waals surface area contributed by atoms with Crippen molar-refractivity contribution in [3.05, 3.63) is 88.1 Å². The maximum absolute atomic E-state index is 14.8. The van der Waals surface area contributed by atoms with Crippen LogP contribution in [0.1, 0.15) is 35.8 Å². The number of esters is 1. The third-order valence-corrected chi connectivity index (χ3v) is 8.63. The minimum absolute atomic E-state index is 0.154. The average molecular weight is 488 g/mol. The topological polar surface area (TPSA) is 72.9 Å². The number of rotatable bonds is 5. The molecule has 4 atom stereocenters. The van der Waals surface area contributed by atoms with Crippen molar-refractivity contribution in [2.75, 3.05) is 11.5 Å². The smallest absolute Gasteiger partial charge is 0.313 e. The Hall–Kier alpha value is -3.29. The lowest BCUT2D eigenvalue weighted by atomic mass is 9.60. The molecule has 2 aromatic carbocycles. The van der Waals surface area contributed by atoms with Crippen molar-refractivity contribution in [1.82, 2.24) is 0 Å². The Labute approximate surface area is 207 Å². The molecule has 3 aliphatic rings. The molecular weight excluding hydrogens is 462 g/mol. The van der Waals surface area contributed by atoms with Crippen LogP contribution in [0.4, 0.5) is 5.69 Å². The third kappa shape index (κ3) is 2.88. The summed E-state index contributed by atoms with van der Waals surface area (Å²) in [5.74, 6) is -1.99. The zero-order chi connectivity index (χ0) is 24.2. The standard InChI is InChI=1S/C28H25NO5S/c1-2-33-25(31)23-24-21(30)14-15-27(34-24,22-13-8-16-35-22)28(23)19-11-6-7-12-20(19)29(26(28)32)17-18-9-4-3-5-10-18/h3-13,16,23-24H,2,14-15,17H2,1H3/t23-,24+,27+,28+/m1/s1. The quantitative estimate of drug-likeness (QED) is 0.500. The average Bonchev–Trinajstić information content (AvgIpc) is 3.56. The molecular formula is C28H25NO5S. The largest absolute Gasteiger partial charge is 0.466 e. The van der Waals surface area contributed by atoms with E-state index < -0.39 is 29.0 Å². The van der Waals surface area contributed by atoms with E-state index in [1.54, 1.807) is 11.8 Å². The first-order chi connectivity index (χ1) is 17.0. The molecule has 0 aliphatic carbocycles. The number of para-hydroxylation sites is 1. The Kier molecular flexibility index (Phi) is 5.16. The number of fused-ring (bicyclic) bond motifs is 5. The highest BCUT2D eigenvalue weighted by atomic mass is 32.1. The number of ketones is 1. The van der Waals surface area contributed by atoms with Crippen molar-refractivity contribution in [2.45, 2.75) is 43.4 Å². The number of nitrogens with zero attached hydrogens (tertiary/aromatic N) is 1. The molecule has 35 heavy (non-hydrogen) atoms. The summed E-state index contributed by atoms with van der Waals surface area (Å²) in [5.41, 5.74) is -0.0782. The van der Waals surface area contributed by atoms with Crippen molar-refractivity contribution in [3.63, 3.8) is 0 Å². The number of benzene rings is 2. The first-order valence-corrected chi connectivity index (χ1v) is 12.8. The van der Waals surface area contributed by atoms with E-state index in [1.165, 1.54) is 11.3 Å². The number of hydrogen-bond acceptors (Lipinski definition) is 6. The molecule has 2 fully saturated rings. The number of carbonyl (C=O) groups excluding carboxylic acids is 3. The van der Waals surface area contributed by atoms with Crippen molar-refractivity contribution in [1.29, 1.82) is 0 Å². The molecule has 3 aliphatic heterocycles. The SMILES string of the molecule is CCOC(=O)[C@H]1[C@H]2O[C@](c3cccs3)(CCC2=O)[C@]12C(=O)N(Cc1ccccc1)c1ccccc12. The monoisotopic (exact) mass is 487 g/mol. The van der Waals surface area contributed by atoms with Crippen molar-refractivity contribution >= 4 is 34.7 Å². The van der Waals surface area contributed by atoms with E-state index >= 15 is 0 Å². The fraction of sp³-hybridized carbons (Fsp3) is 0.321. The first-order valence-electron chi connectivity index (χ1n) is 11.9. The molecule has 1 amide bonds. The lowest BCUT2D eigenvalue weighted by Gasteiger charge is -2.42. The predicted octanol–water partition coefficient (Wildman–Crippen LogP) is 4.37. The lowest BCUT2D eigenvalue weighted by Crippen LogP contribution is -2.57. The van der Waals surface area contributed by atoms with Crippen molar-refractivity contribution < 1.29 is 23.9 Å². The normalized spacial score (nSPS) is 29.0. The van der Waals surface area contributed by atoms with Gasteiger partial charge in [-0.05, 0) is 42.0 Å². The third-order valence-electron chi connectivity index (χ3n) is 7.62. The van der Waals surface area contributed by atoms with Gasteiger partial charge in [-0.3, -0.25) is 14.4 Å². The molecule has 4 heterocycles. The molecule has 0 radical (unpaired) electrons. The van der Waals surface area contributed by atoms with Gasteiger partial charge in [-0.2, -0.15) is 0 Å². The molecule has 0 unspecified atom stereocenters.